The quantitative estimate of drug-likeness (QED) is 0.724. The highest BCUT2D eigenvalue weighted by Crippen LogP contribution is 2.15. The number of aromatic nitrogens is 3. The molecule has 3 rings (SSSR count). The van der Waals surface area contributed by atoms with Crippen LogP contribution < -0.4 is 5.73 Å². The number of rotatable bonds is 2. The van der Waals surface area contributed by atoms with Crippen molar-refractivity contribution in [2.45, 2.75) is 6.42 Å². The van der Waals surface area contributed by atoms with Crippen LogP contribution in [-0.4, -0.2) is 15.0 Å². The fourth-order valence-electron chi connectivity index (χ4n) is 1.86. The Labute approximate surface area is 103 Å². The molecule has 2 heterocycles. The Morgan fingerprint density at radius 1 is 1.11 bits per heavy atom. The van der Waals surface area contributed by atoms with E-state index in [9.17, 15) is 4.39 Å². The van der Waals surface area contributed by atoms with Crippen LogP contribution in [0.15, 0.2) is 36.4 Å². The molecular formula is C13H11FN4. The van der Waals surface area contributed by atoms with Gasteiger partial charge in [-0.05, 0) is 23.8 Å². The van der Waals surface area contributed by atoms with Gasteiger partial charge in [0, 0.05) is 6.42 Å². The molecule has 0 bridgehead atoms. The van der Waals surface area contributed by atoms with Crippen LogP contribution in [0.1, 0.15) is 11.4 Å². The number of H-pyrrole nitrogens is 1. The zero-order chi connectivity index (χ0) is 12.5. The minimum absolute atomic E-state index is 0.231. The molecular weight excluding hydrogens is 231 g/mol. The molecule has 0 unspecified atom stereocenters. The maximum Gasteiger partial charge on any atom is 0.179 e. The highest BCUT2D eigenvalue weighted by molar-refractivity contribution is 5.72. The van der Waals surface area contributed by atoms with Crippen LogP contribution in [0.5, 0.6) is 0 Å². The third-order valence-electron chi connectivity index (χ3n) is 2.73. The van der Waals surface area contributed by atoms with Crippen molar-refractivity contribution >= 4 is 17.0 Å². The van der Waals surface area contributed by atoms with Crippen molar-refractivity contribution in [3.63, 3.8) is 0 Å². The molecule has 4 nitrogen and oxygen atoms in total. The second-order valence-corrected chi connectivity index (χ2v) is 4.06. The Kier molecular flexibility index (Phi) is 2.44. The van der Waals surface area contributed by atoms with Crippen molar-refractivity contribution in [2.75, 3.05) is 5.73 Å². The Morgan fingerprint density at radius 3 is 2.78 bits per heavy atom. The number of pyridine rings is 1. The van der Waals surface area contributed by atoms with Crippen molar-refractivity contribution < 1.29 is 4.39 Å². The smallest absolute Gasteiger partial charge is 0.179 e. The number of nitrogen functional groups attached to an aromatic ring is 1. The van der Waals surface area contributed by atoms with Crippen molar-refractivity contribution in [1.29, 1.82) is 0 Å². The number of benzene rings is 1. The molecule has 0 saturated carbocycles. The van der Waals surface area contributed by atoms with E-state index in [4.69, 9.17) is 5.73 Å². The molecule has 0 spiro atoms. The normalized spacial score (nSPS) is 10.9. The Hall–Kier alpha value is -2.43. The summed E-state index contributed by atoms with van der Waals surface area (Å²) < 4.78 is 13.5. The van der Waals surface area contributed by atoms with Gasteiger partial charge < -0.3 is 10.7 Å². The van der Waals surface area contributed by atoms with Gasteiger partial charge in [0.2, 0.25) is 0 Å². The zero-order valence-electron chi connectivity index (χ0n) is 9.52. The number of anilines is 1. The van der Waals surface area contributed by atoms with Crippen molar-refractivity contribution in [3.05, 3.63) is 53.6 Å². The molecule has 90 valence electrons. The van der Waals surface area contributed by atoms with Crippen LogP contribution in [0.2, 0.25) is 0 Å². The van der Waals surface area contributed by atoms with Crippen molar-refractivity contribution in [3.8, 4) is 0 Å². The van der Waals surface area contributed by atoms with E-state index in [1.807, 2.05) is 6.07 Å². The molecule has 5 heteroatoms. The molecule has 0 fully saturated rings. The van der Waals surface area contributed by atoms with Crippen molar-refractivity contribution in [1.82, 2.24) is 15.0 Å². The number of nitrogens with zero attached hydrogens (tertiary/aromatic N) is 2. The van der Waals surface area contributed by atoms with Gasteiger partial charge in [-0.3, -0.25) is 0 Å². The molecule has 0 saturated heterocycles. The van der Waals surface area contributed by atoms with Gasteiger partial charge in [0.25, 0.3) is 0 Å². The van der Waals surface area contributed by atoms with Gasteiger partial charge in [-0.2, -0.15) is 0 Å². The van der Waals surface area contributed by atoms with Crippen LogP contribution in [0.4, 0.5) is 10.2 Å². The molecule has 0 aliphatic heterocycles. The molecule has 3 N–H and O–H groups in total. The van der Waals surface area contributed by atoms with E-state index in [0.29, 0.717) is 29.3 Å². The van der Waals surface area contributed by atoms with Crippen LogP contribution in [0, 0.1) is 5.82 Å². The van der Waals surface area contributed by atoms with E-state index < -0.39 is 0 Å². The van der Waals surface area contributed by atoms with E-state index in [1.54, 1.807) is 24.3 Å². The number of hydrogen-bond acceptors (Lipinski definition) is 3. The third kappa shape index (κ3) is 1.90. The number of fused-ring (bicyclic) bond motifs is 1. The van der Waals surface area contributed by atoms with Gasteiger partial charge in [-0.1, -0.05) is 18.2 Å². The van der Waals surface area contributed by atoms with Gasteiger partial charge >= 0.3 is 0 Å². The maximum atomic E-state index is 13.5. The highest BCUT2D eigenvalue weighted by Gasteiger charge is 2.07. The summed E-state index contributed by atoms with van der Waals surface area (Å²) in [5.74, 6) is 0.866. The minimum atomic E-state index is -0.231. The standard InChI is InChI=1S/C13H11FN4/c14-9-4-2-1-3-8(9)7-12-16-10-5-6-11(15)17-13(10)18-12/h1-6H,7H2,(H3,15,16,17,18). The average molecular weight is 242 g/mol. The van der Waals surface area contributed by atoms with Gasteiger partial charge in [-0.25, -0.2) is 14.4 Å². The average Bonchev–Trinajstić information content (AvgIpc) is 2.73. The monoisotopic (exact) mass is 242 g/mol. The first-order valence-corrected chi connectivity index (χ1v) is 5.57. The fraction of sp³-hybridized carbons (Fsp3) is 0.0769. The molecule has 18 heavy (non-hydrogen) atoms. The molecule has 0 radical (unpaired) electrons. The lowest BCUT2D eigenvalue weighted by atomic mass is 10.1. The first kappa shape index (κ1) is 10.7. The summed E-state index contributed by atoms with van der Waals surface area (Å²) in [5.41, 5.74) is 7.54. The lowest BCUT2D eigenvalue weighted by Crippen LogP contribution is -1.94. The number of imidazole rings is 1. The summed E-state index contributed by atoms with van der Waals surface area (Å²) in [7, 11) is 0. The maximum absolute atomic E-state index is 13.5. The first-order valence-electron chi connectivity index (χ1n) is 5.57. The predicted molar refractivity (Wildman–Crippen MR) is 67.5 cm³/mol. The second kappa shape index (κ2) is 4.10. The molecule has 0 amide bonds. The topological polar surface area (TPSA) is 67.6 Å². The molecule has 3 aromatic rings. The molecule has 1 aromatic carbocycles. The summed E-state index contributed by atoms with van der Waals surface area (Å²) in [6, 6.07) is 10.2. The van der Waals surface area contributed by atoms with Gasteiger partial charge in [-0.15, -0.1) is 0 Å². The summed E-state index contributed by atoms with van der Waals surface area (Å²) in [6.07, 6.45) is 0.406. The zero-order valence-corrected chi connectivity index (χ0v) is 9.52. The molecule has 2 aromatic heterocycles. The van der Waals surface area contributed by atoms with Gasteiger partial charge in [0.1, 0.15) is 17.5 Å². The van der Waals surface area contributed by atoms with E-state index in [-0.39, 0.29) is 5.82 Å². The Morgan fingerprint density at radius 2 is 1.94 bits per heavy atom. The van der Waals surface area contributed by atoms with Crippen molar-refractivity contribution in [2.24, 2.45) is 0 Å². The fourth-order valence-corrected chi connectivity index (χ4v) is 1.86. The van der Waals surface area contributed by atoms with Crippen LogP contribution in [0.3, 0.4) is 0 Å². The van der Waals surface area contributed by atoms with Crippen LogP contribution in [-0.2, 0) is 6.42 Å². The summed E-state index contributed by atoms with van der Waals surface area (Å²) in [5, 5.41) is 0. The van der Waals surface area contributed by atoms with Gasteiger partial charge in [0.05, 0.1) is 5.52 Å². The summed E-state index contributed by atoms with van der Waals surface area (Å²) >= 11 is 0. The van der Waals surface area contributed by atoms with E-state index >= 15 is 0 Å². The Bertz CT molecular complexity index is 705. The first-order chi connectivity index (χ1) is 8.72. The number of nitrogens with two attached hydrogens (primary N) is 1. The summed E-state index contributed by atoms with van der Waals surface area (Å²) in [6.45, 7) is 0. The third-order valence-corrected chi connectivity index (χ3v) is 2.73. The second-order valence-electron chi connectivity index (χ2n) is 4.06. The Balaban J connectivity index is 1.98. The van der Waals surface area contributed by atoms with Gasteiger partial charge in [0.15, 0.2) is 5.65 Å². The number of hydrogen-bond donors (Lipinski definition) is 2. The number of nitrogens with one attached hydrogen (secondary N) is 1. The van der Waals surface area contributed by atoms with Crippen LogP contribution in [0.25, 0.3) is 11.2 Å². The SMILES string of the molecule is Nc1ccc2[nH]c(Cc3ccccc3F)nc2n1. The highest BCUT2D eigenvalue weighted by atomic mass is 19.1. The summed E-state index contributed by atoms with van der Waals surface area (Å²) in [4.78, 5) is 11.5. The largest absolute Gasteiger partial charge is 0.384 e. The van der Waals surface area contributed by atoms with E-state index in [1.165, 1.54) is 6.07 Å². The molecule has 0 aliphatic rings. The molecule has 0 aliphatic carbocycles. The lowest BCUT2D eigenvalue weighted by Gasteiger charge is -1.99. The minimum Gasteiger partial charge on any atom is -0.384 e. The predicted octanol–water partition coefficient (Wildman–Crippen LogP) is 2.27. The van der Waals surface area contributed by atoms with Crippen LogP contribution >= 0.6 is 0 Å². The molecule has 0 atom stereocenters. The van der Waals surface area contributed by atoms with E-state index in [0.717, 1.165) is 5.52 Å². The number of aromatic amines is 1. The van der Waals surface area contributed by atoms with E-state index in [2.05, 4.69) is 15.0 Å². The lowest BCUT2D eigenvalue weighted by molar-refractivity contribution is 0.612. The number of halogens is 1.